The van der Waals surface area contributed by atoms with Gasteiger partial charge in [0.15, 0.2) is 0 Å². The third-order valence-electron chi connectivity index (χ3n) is 5.58. The second-order valence-electron chi connectivity index (χ2n) is 8.34. The van der Waals surface area contributed by atoms with E-state index in [2.05, 4.69) is 31.0 Å². The topological polar surface area (TPSA) is 39.2 Å². The summed E-state index contributed by atoms with van der Waals surface area (Å²) in [6.45, 7) is 4.70. The van der Waals surface area contributed by atoms with Crippen LogP contribution in [-0.4, -0.2) is 22.9 Å². The van der Waals surface area contributed by atoms with Gasteiger partial charge in [-0.05, 0) is 43.0 Å². The summed E-state index contributed by atoms with van der Waals surface area (Å²) in [4.78, 5) is 16.9. The van der Waals surface area contributed by atoms with E-state index in [-0.39, 0.29) is 18.0 Å². The molecule has 1 unspecified atom stereocenters. The zero-order valence-corrected chi connectivity index (χ0v) is 20.0. The molecule has 0 aliphatic rings. The lowest BCUT2D eigenvalue weighted by atomic mass is 10.1. The van der Waals surface area contributed by atoms with E-state index in [1.807, 2.05) is 18.3 Å². The highest BCUT2D eigenvalue weighted by molar-refractivity contribution is 6.20. The van der Waals surface area contributed by atoms with Crippen LogP contribution >= 0.6 is 11.6 Å². The van der Waals surface area contributed by atoms with Crippen LogP contribution in [-0.2, 0) is 11.2 Å². The Morgan fingerprint density at radius 2 is 1.58 bits per heavy atom. The largest absolute Gasteiger partial charge is 0.461 e. The molecule has 1 aromatic carbocycles. The maximum atomic E-state index is 12.3. The van der Waals surface area contributed by atoms with Gasteiger partial charge >= 0.3 is 5.97 Å². The zero-order valence-electron chi connectivity index (χ0n) is 19.2. The van der Waals surface area contributed by atoms with Crippen LogP contribution in [0.25, 0.3) is 11.3 Å². The summed E-state index contributed by atoms with van der Waals surface area (Å²) in [6, 6.07) is 11.6. The predicted molar refractivity (Wildman–Crippen MR) is 131 cm³/mol. The molecule has 0 saturated carbocycles. The Kier molecular flexibility index (Phi) is 12.3. The van der Waals surface area contributed by atoms with Gasteiger partial charge in [0.1, 0.15) is 6.61 Å². The van der Waals surface area contributed by atoms with Gasteiger partial charge in [0.05, 0.1) is 16.6 Å². The van der Waals surface area contributed by atoms with Gasteiger partial charge in [-0.1, -0.05) is 83.4 Å². The number of benzene rings is 1. The minimum Gasteiger partial charge on any atom is -0.461 e. The van der Waals surface area contributed by atoms with Gasteiger partial charge in [0.25, 0.3) is 0 Å². The number of esters is 1. The van der Waals surface area contributed by atoms with E-state index in [0.29, 0.717) is 5.56 Å². The smallest absolute Gasteiger partial charge is 0.338 e. The second kappa shape index (κ2) is 15.0. The molecule has 1 atom stereocenters. The summed E-state index contributed by atoms with van der Waals surface area (Å²) in [6.07, 6.45) is 15.0. The van der Waals surface area contributed by atoms with Crippen LogP contribution < -0.4 is 0 Å². The lowest BCUT2D eigenvalue weighted by molar-refractivity contribution is 0.0501. The zero-order chi connectivity index (χ0) is 22.3. The van der Waals surface area contributed by atoms with Crippen molar-refractivity contribution in [3.05, 3.63) is 53.7 Å². The van der Waals surface area contributed by atoms with E-state index < -0.39 is 0 Å². The SMILES string of the molecule is CCCCCCCC(Cl)COC(=O)c1ccc(-c2ccc(CCCCCC)cn2)cc1. The Bertz CT molecular complexity index is 743. The predicted octanol–water partition coefficient (Wildman–Crippen LogP) is 8.00. The van der Waals surface area contributed by atoms with Crippen LogP contribution in [0.2, 0.25) is 0 Å². The van der Waals surface area contributed by atoms with Crippen molar-refractivity contribution in [2.45, 2.75) is 89.9 Å². The van der Waals surface area contributed by atoms with Gasteiger partial charge in [-0.25, -0.2) is 4.79 Å². The molecule has 3 nitrogen and oxygen atoms in total. The van der Waals surface area contributed by atoms with E-state index in [0.717, 1.165) is 30.5 Å². The van der Waals surface area contributed by atoms with E-state index >= 15 is 0 Å². The molecule has 2 aromatic rings. The van der Waals surface area contributed by atoms with Crippen molar-refractivity contribution in [2.24, 2.45) is 0 Å². The van der Waals surface area contributed by atoms with Crippen molar-refractivity contribution >= 4 is 17.6 Å². The van der Waals surface area contributed by atoms with Crippen molar-refractivity contribution in [1.82, 2.24) is 4.98 Å². The Hall–Kier alpha value is -1.87. The molecule has 31 heavy (non-hydrogen) atoms. The van der Waals surface area contributed by atoms with Gasteiger partial charge in [-0.15, -0.1) is 11.6 Å². The third-order valence-corrected chi connectivity index (χ3v) is 5.92. The number of alkyl halides is 1. The summed E-state index contributed by atoms with van der Waals surface area (Å²) < 4.78 is 5.40. The summed E-state index contributed by atoms with van der Waals surface area (Å²) in [5, 5.41) is -0.116. The van der Waals surface area contributed by atoms with Crippen molar-refractivity contribution in [1.29, 1.82) is 0 Å². The van der Waals surface area contributed by atoms with E-state index in [4.69, 9.17) is 16.3 Å². The highest BCUT2D eigenvalue weighted by Gasteiger charge is 2.12. The van der Waals surface area contributed by atoms with Crippen molar-refractivity contribution in [3.8, 4) is 11.3 Å². The Labute approximate surface area is 193 Å². The van der Waals surface area contributed by atoms with Gasteiger partial charge in [0, 0.05) is 11.8 Å². The molecule has 0 aliphatic carbocycles. The number of aryl methyl sites for hydroxylation is 1. The normalized spacial score (nSPS) is 12.0. The summed E-state index contributed by atoms with van der Waals surface area (Å²) >= 11 is 6.30. The molecular formula is C27H38ClNO2. The van der Waals surface area contributed by atoms with Crippen LogP contribution in [0.4, 0.5) is 0 Å². The van der Waals surface area contributed by atoms with Gasteiger partial charge in [-0.2, -0.15) is 0 Å². The lowest BCUT2D eigenvalue weighted by Gasteiger charge is -2.11. The van der Waals surface area contributed by atoms with Gasteiger partial charge < -0.3 is 4.74 Å². The van der Waals surface area contributed by atoms with Crippen molar-refractivity contribution < 1.29 is 9.53 Å². The number of carbonyl (C=O) groups is 1. The van der Waals surface area contributed by atoms with E-state index in [9.17, 15) is 4.79 Å². The third kappa shape index (κ3) is 9.86. The molecule has 0 bridgehead atoms. The van der Waals surface area contributed by atoms with Gasteiger partial charge in [0.2, 0.25) is 0 Å². The molecular weight excluding hydrogens is 406 g/mol. The van der Waals surface area contributed by atoms with Crippen LogP contribution in [0.5, 0.6) is 0 Å². The number of pyridine rings is 1. The fourth-order valence-corrected chi connectivity index (χ4v) is 3.80. The molecule has 0 saturated heterocycles. The number of hydrogen-bond acceptors (Lipinski definition) is 3. The van der Waals surface area contributed by atoms with E-state index in [1.165, 1.54) is 56.9 Å². The number of carbonyl (C=O) groups excluding carboxylic acids is 1. The molecule has 0 amide bonds. The quantitative estimate of drug-likeness (QED) is 0.159. The minimum absolute atomic E-state index is 0.116. The maximum absolute atomic E-state index is 12.3. The van der Waals surface area contributed by atoms with Crippen molar-refractivity contribution in [3.63, 3.8) is 0 Å². The Balaban J connectivity index is 1.77. The lowest BCUT2D eigenvalue weighted by Crippen LogP contribution is -2.14. The first kappa shape index (κ1) is 25.4. The summed E-state index contributed by atoms with van der Waals surface area (Å²) in [7, 11) is 0. The van der Waals surface area contributed by atoms with Crippen LogP contribution in [0, 0.1) is 0 Å². The molecule has 0 N–H and O–H groups in total. The molecule has 0 spiro atoms. The number of unbranched alkanes of at least 4 members (excludes halogenated alkanes) is 7. The number of halogens is 1. The number of nitrogens with zero attached hydrogens (tertiary/aromatic N) is 1. The van der Waals surface area contributed by atoms with Gasteiger partial charge in [-0.3, -0.25) is 4.98 Å². The van der Waals surface area contributed by atoms with Crippen LogP contribution in [0.15, 0.2) is 42.6 Å². The minimum atomic E-state index is -0.321. The fraction of sp³-hybridized carbons (Fsp3) is 0.556. The molecule has 4 heteroatoms. The first-order valence-electron chi connectivity index (χ1n) is 12.0. The summed E-state index contributed by atoms with van der Waals surface area (Å²) in [5.74, 6) is -0.321. The van der Waals surface area contributed by atoms with Crippen molar-refractivity contribution in [2.75, 3.05) is 6.61 Å². The molecule has 1 aromatic heterocycles. The standard InChI is InChI=1S/C27H38ClNO2/c1-3-5-7-9-11-13-25(28)21-31-27(30)24-17-15-23(16-18-24)26-19-14-22(20-29-26)12-10-8-6-4-2/h14-20,25H,3-13,21H2,1-2H3. The highest BCUT2D eigenvalue weighted by atomic mass is 35.5. The van der Waals surface area contributed by atoms with Crippen LogP contribution in [0.1, 0.15) is 94.0 Å². The molecule has 170 valence electrons. The molecule has 1 heterocycles. The average molecular weight is 444 g/mol. The van der Waals surface area contributed by atoms with Crippen LogP contribution in [0.3, 0.4) is 0 Å². The maximum Gasteiger partial charge on any atom is 0.338 e. The second-order valence-corrected chi connectivity index (χ2v) is 8.96. The first-order valence-corrected chi connectivity index (χ1v) is 12.4. The van der Waals surface area contributed by atoms with E-state index in [1.54, 1.807) is 12.1 Å². The highest BCUT2D eigenvalue weighted by Crippen LogP contribution is 2.19. The number of hydrogen-bond donors (Lipinski definition) is 0. The average Bonchev–Trinajstić information content (AvgIpc) is 2.81. The number of aromatic nitrogens is 1. The fourth-order valence-electron chi connectivity index (χ4n) is 3.58. The first-order chi connectivity index (χ1) is 15.1. The Morgan fingerprint density at radius 3 is 2.23 bits per heavy atom. The number of rotatable bonds is 15. The monoisotopic (exact) mass is 443 g/mol. The Morgan fingerprint density at radius 1 is 0.903 bits per heavy atom. The number of ether oxygens (including phenoxy) is 1. The summed E-state index contributed by atoms with van der Waals surface area (Å²) in [5.41, 5.74) is 3.74. The molecule has 0 fully saturated rings. The molecule has 2 rings (SSSR count). The molecule has 0 aliphatic heterocycles. The molecule has 0 radical (unpaired) electrons.